The molecule has 0 aliphatic carbocycles. The summed E-state index contributed by atoms with van der Waals surface area (Å²) in [5.74, 6) is -1.96. The molecule has 1 aliphatic rings. The molecule has 0 aromatic carbocycles. The maximum atomic E-state index is 12.1. The van der Waals surface area contributed by atoms with E-state index >= 15 is 0 Å². The van der Waals surface area contributed by atoms with Crippen molar-refractivity contribution >= 4 is 11.9 Å². The molecule has 1 amide bonds. The molecule has 1 aromatic rings. The Balaban J connectivity index is 2.10. The van der Waals surface area contributed by atoms with Crippen LogP contribution in [0.25, 0.3) is 0 Å². The number of carbonyl (C=O) groups is 2. The Labute approximate surface area is 110 Å². The lowest BCUT2D eigenvalue weighted by Gasteiger charge is -2.16. The number of carboxylic acids is 1. The summed E-state index contributed by atoms with van der Waals surface area (Å²) in [5, 5.41) is 11.7. The number of pyridine rings is 1. The number of aromatic nitrogens is 1. The lowest BCUT2D eigenvalue weighted by atomic mass is 10.0. The van der Waals surface area contributed by atoms with Crippen molar-refractivity contribution in [3.05, 3.63) is 29.1 Å². The number of carbonyl (C=O) groups excluding carboxylic acids is 1. The number of hydrogen-bond acceptors (Lipinski definition) is 4. The Morgan fingerprint density at radius 1 is 1.37 bits per heavy atom. The van der Waals surface area contributed by atoms with Gasteiger partial charge in [0, 0.05) is 5.69 Å². The van der Waals surface area contributed by atoms with Gasteiger partial charge in [-0.3, -0.25) is 14.6 Å². The van der Waals surface area contributed by atoms with E-state index in [-0.39, 0.29) is 19.1 Å². The van der Waals surface area contributed by atoms with E-state index in [0.29, 0.717) is 11.3 Å². The minimum atomic E-state index is -0.957. The highest BCUT2D eigenvalue weighted by Crippen LogP contribution is 2.15. The van der Waals surface area contributed by atoms with Crippen LogP contribution in [-0.4, -0.2) is 41.2 Å². The number of aryl methyl sites for hydroxylation is 2. The van der Waals surface area contributed by atoms with E-state index < -0.39 is 17.9 Å². The lowest BCUT2D eigenvalue weighted by molar-refractivity contribution is -0.142. The molecule has 2 atom stereocenters. The first-order valence-corrected chi connectivity index (χ1v) is 6.04. The molecule has 0 bridgehead atoms. The zero-order chi connectivity index (χ0) is 14.0. The van der Waals surface area contributed by atoms with E-state index in [1.807, 2.05) is 6.92 Å². The SMILES string of the molecule is Cc1ccc(C(=O)NC2COCC2C(=O)O)c(C)n1. The summed E-state index contributed by atoms with van der Waals surface area (Å²) < 4.78 is 5.11. The minimum absolute atomic E-state index is 0.130. The molecule has 6 nitrogen and oxygen atoms in total. The summed E-state index contributed by atoms with van der Waals surface area (Å²) in [5.41, 5.74) is 1.92. The Morgan fingerprint density at radius 3 is 2.74 bits per heavy atom. The molecule has 2 rings (SSSR count). The average Bonchev–Trinajstić information content (AvgIpc) is 2.76. The number of ether oxygens (including phenoxy) is 1. The zero-order valence-corrected chi connectivity index (χ0v) is 10.8. The van der Waals surface area contributed by atoms with E-state index in [4.69, 9.17) is 9.84 Å². The van der Waals surface area contributed by atoms with Crippen molar-refractivity contribution in [3.63, 3.8) is 0 Å². The molecule has 2 heterocycles. The van der Waals surface area contributed by atoms with E-state index in [1.54, 1.807) is 19.1 Å². The van der Waals surface area contributed by atoms with Crippen LogP contribution in [0.2, 0.25) is 0 Å². The fourth-order valence-corrected chi connectivity index (χ4v) is 2.11. The van der Waals surface area contributed by atoms with E-state index in [9.17, 15) is 9.59 Å². The van der Waals surface area contributed by atoms with Gasteiger partial charge in [-0.1, -0.05) is 0 Å². The molecule has 1 aliphatic heterocycles. The molecule has 19 heavy (non-hydrogen) atoms. The second-order valence-electron chi connectivity index (χ2n) is 4.65. The molecule has 1 saturated heterocycles. The smallest absolute Gasteiger partial charge is 0.311 e. The molecule has 102 valence electrons. The fourth-order valence-electron chi connectivity index (χ4n) is 2.11. The van der Waals surface area contributed by atoms with Crippen LogP contribution < -0.4 is 5.32 Å². The van der Waals surface area contributed by atoms with Gasteiger partial charge >= 0.3 is 5.97 Å². The molecular formula is C13H16N2O4. The second kappa shape index (κ2) is 5.36. The molecule has 0 radical (unpaired) electrons. The number of carboxylic acid groups (broad SMARTS) is 1. The molecule has 1 fully saturated rings. The number of amides is 1. The van der Waals surface area contributed by atoms with Gasteiger partial charge in [0.25, 0.3) is 5.91 Å². The number of hydrogen-bond donors (Lipinski definition) is 2. The van der Waals surface area contributed by atoms with Crippen LogP contribution in [0.5, 0.6) is 0 Å². The fraction of sp³-hybridized carbons (Fsp3) is 0.462. The van der Waals surface area contributed by atoms with Crippen molar-refractivity contribution < 1.29 is 19.4 Å². The van der Waals surface area contributed by atoms with Crippen molar-refractivity contribution in [1.29, 1.82) is 0 Å². The predicted octanol–water partition coefficient (Wildman–Crippen LogP) is 0.528. The highest BCUT2D eigenvalue weighted by atomic mass is 16.5. The zero-order valence-electron chi connectivity index (χ0n) is 10.8. The maximum Gasteiger partial charge on any atom is 0.311 e. The second-order valence-corrected chi connectivity index (χ2v) is 4.65. The Hall–Kier alpha value is -1.95. The van der Waals surface area contributed by atoms with Crippen molar-refractivity contribution in [2.24, 2.45) is 5.92 Å². The molecule has 0 saturated carbocycles. The third-order valence-corrected chi connectivity index (χ3v) is 3.18. The van der Waals surface area contributed by atoms with Crippen LogP contribution in [0.1, 0.15) is 21.7 Å². The first kappa shape index (κ1) is 13.5. The minimum Gasteiger partial charge on any atom is -0.481 e. The monoisotopic (exact) mass is 264 g/mol. The molecule has 2 unspecified atom stereocenters. The summed E-state index contributed by atoms with van der Waals surface area (Å²) >= 11 is 0. The topological polar surface area (TPSA) is 88.5 Å². The molecule has 0 spiro atoms. The normalized spacial score (nSPS) is 22.2. The predicted molar refractivity (Wildman–Crippen MR) is 66.9 cm³/mol. The number of aliphatic carboxylic acids is 1. The largest absolute Gasteiger partial charge is 0.481 e. The average molecular weight is 264 g/mol. The van der Waals surface area contributed by atoms with Gasteiger partial charge in [0.1, 0.15) is 5.92 Å². The van der Waals surface area contributed by atoms with Crippen LogP contribution in [0, 0.1) is 19.8 Å². The molecular weight excluding hydrogens is 248 g/mol. The molecule has 6 heteroatoms. The van der Waals surface area contributed by atoms with E-state index in [0.717, 1.165) is 5.69 Å². The summed E-state index contributed by atoms with van der Waals surface area (Å²) in [6.45, 7) is 3.95. The van der Waals surface area contributed by atoms with E-state index in [2.05, 4.69) is 10.3 Å². The van der Waals surface area contributed by atoms with Crippen LogP contribution >= 0.6 is 0 Å². The Morgan fingerprint density at radius 2 is 2.11 bits per heavy atom. The standard InChI is InChI=1S/C13H16N2O4/c1-7-3-4-9(8(2)14-7)12(16)15-11-6-19-5-10(11)13(17)18/h3-4,10-11H,5-6H2,1-2H3,(H,15,16)(H,17,18). The van der Waals surface area contributed by atoms with Crippen molar-refractivity contribution in [3.8, 4) is 0 Å². The number of nitrogens with one attached hydrogen (secondary N) is 1. The van der Waals surface area contributed by atoms with Gasteiger partial charge in [0.05, 0.1) is 30.5 Å². The van der Waals surface area contributed by atoms with Gasteiger partial charge in [-0.2, -0.15) is 0 Å². The molecule has 2 N–H and O–H groups in total. The van der Waals surface area contributed by atoms with Gasteiger partial charge in [-0.25, -0.2) is 0 Å². The van der Waals surface area contributed by atoms with Crippen LogP contribution in [-0.2, 0) is 9.53 Å². The van der Waals surface area contributed by atoms with Crippen LogP contribution in [0.15, 0.2) is 12.1 Å². The first-order valence-electron chi connectivity index (χ1n) is 6.04. The third kappa shape index (κ3) is 2.90. The summed E-state index contributed by atoms with van der Waals surface area (Å²) in [6.07, 6.45) is 0. The van der Waals surface area contributed by atoms with Gasteiger partial charge in [-0.05, 0) is 26.0 Å². The maximum absolute atomic E-state index is 12.1. The van der Waals surface area contributed by atoms with E-state index in [1.165, 1.54) is 0 Å². The summed E-state index contributed by atoms with van der Waals surface area (Å²) in [7, 11) is 0. The van der Waals surface area contributed by atoms with Crippen molar-refractivity contribution in [1.82, 2.24) is 10.3 Å². The lowest BCUT2D eigenvalue weighted by Crippen LogP contribution is -2.42. The molecule has 1 aromatic heterocycles. The Kier molecular flexibility index (Phi) is 3.80. The van der Waals surface area contributed by atoms with Gasteiger partial charge in [0.15, 0.2) is 0 Å². The summed E-state index contributed by atoms with van der Waals surface area (Å²) in [6, 6.07) is 2.95. The van der Waals surface area contributed by atoms with Gasteiger partial charge < -0.3 is 15.2 Å². The van der Waals surface area contributed by atoms with Gasteiger partial charge in [-0.15, -0.1) is 0 Å². The number of nitrogens with zero attached hydrogens (tertiary/aromatic N) is 1. The summed E-state index contributed by atoms with van der Waals surface area (Å²) in [4.78, 5) is 27.3. The number of rotatable bonds is 3. The highest BCUT2D eigenvalue weighted by Gasteiger charge is 2.35. The Bertz CT molecular complexity index is 515. The van der Waals surface area contributed by atoms with Crippen molar-refractivity contribution in [2.45, 2.75) is 19.9 Å². The highest BCUT2D eigenvalue weighted by molar-refractivity contribution is 5.95. The van der Waals surface area contributed by atoms with Gasteiger partial charge in [0.2, 0.25) is 0 Å². The van der Waals surface area contributed by atoms with Crippen LogP contribution in [0.4, 0.5) is 0 Å². The van der Waals surface area contributed by atoms with Crippen molar-refractivity contribution in [2.75, 3.05) is 13.2 Å². The first-order chi connectivity index (χ1) is 8.99. The quantitative estimate of drug-likeness (QED) is 0.831. The third-order valence-electron chi connectivity index (χ3n) is 3.18. The van der Waals surface area contributed by atoms with Crippen LogP contribution in [0.3, 0.4) is 0 Å².